The van der Waals surface area contributed by atoms with Gasteiger partial charge in [-0.3, -0.25) is 4.79 Å². The van der Waals surface area contributed by atoms with Crippen molar-refractivity contribution in [3.8, 4) is 5.75 Å². The minimum atomic E-state index is -1.07. The first-order valence-corrected chi connectivity index (χ1v) is 5.29. The summed E-state index contributed by atoms with van der Waals surface area (Å²) in [7, 11) is 3.76. The molecule has 5 heteroatoms. The number of benzene rings is 1. The number of carboxylic acid groups (broad SMARTS) is 1. The standard InChI is InChI=1S/C12H18N2O3/c1-7-8(11(13)12(16)17)4-5-10(15)9(7)6-14(2)3/h4-5,11,15H,6,13H2,1-3H3,(H,16,17). The van der Waals surface area contributed by atoms with Gasteiger partial charge in [-0.1, -0.05) is 6.07 Å². The molecule has 0 aliphatic rings. The van der Waals surface area contributed by atoms with Crippen LogP contribution >= 0.6 is 0 Å². The summed E-state index contributed by atoms with van der Waals surface area (Å²) in [4.78, 5) is 12.8. The Hall–Kier alpha value is -1.59. The van der Waals surface area contributed by atoms with Gasteiger partial charge in [-0.2, -0.15) is 0 Å². The van der Waals surface area contributed by atoms with E-state index >= 15 is 0 Å². The van der Waals surface area contributed by atoms with Gasteiger partial charge in [-0.05, 0) is 38.2 Å². The van der Waals surface area contributed by atoms with E-state index in [1.54, 1.807) is 13.0 Å². The van der Waals surface area contributed by atoms with E-state index in [0.29, 0.717) is 17.7 Å². The normalized spacial score (nSPS) is 12.8. The molecule has 94 valence electrons. The third-order valence-corrected chi connectivity index (χ3v) is 2.69. The SMILES string of the molecule is Cc1c(C(N)C(=O)O)ccc(O)c1CN(C)C. The molecule has 1 atom stereocenters. The zero-order chi connectivity index (χ0) is 13.2. The number of nitrogens with zero attached hydrogens (tertiary/aromatic N) is 1. The molecule has 0 aliphatic carbocycles. The first kappa shape index (κ1) is 13.5. The van der Waals surface area contributed by atoms with E-state index in [1.807, 2.05) is 19.0 Å². The van der Waals surface area contributed by atoms with Crippen LogP contribution in [0.4, 0.5) is 0 Å². The van der Waals surface area contributed by atoms with Crippen LogP contribution in [0.15, 0.2) is 12.1 Å². The van der Waals surface area contributed by atoms with Gasteiger partial charge < -0.3 is 20.8 Å². The van der Waals surface area contributed by atoms with Crippen LogP contribution in [0.25, 0.3) is 0 Å². The maximum atomic E-state index is 10.9. The van der Waals surface area contributed by atoms with Crippen molar-refractivity contribution >= 4 is 5.97 Å². The minimum absolute atomic E-state index is 0.164. The number of carboxylic acids is 1. The van der Waals surface area contributed by atoms with Crippen LogP contribution in [-0.2, 0) is 11.3 Å². The van der Waals surface area contributed by atoms with E-state index in [1.165, 1.54) is 6.07 Å². The largest absolute Gasteiger partial charge is 0.508 e. The van der Waals surface area contributed by atoms with Gasteiger partial charge in [0, 0.05) is 12.1 Å². The van der Waals surface area contributed by atoms with Crippen LogP contribution in [0, 0.1) is 6.92 Å². The molecule has 0 aliphatic heterocycles. The molecule has 0 bridgehead atoms. The highest BCUT2D eigenvalue weighted by Gasteiger charge is 2.19. The lowest BCUT2D eigenvalue weighted by molar-refractivity contribution is -0.138. The Kier molecular flexibility index (Phi) is 4.09. The molecule has 4 N–H and O–H groups in total. The first-order valence-electron chi connectivity index (χ1n) is 5.29. The van der Waals surface area contributed by atoms with Crippen LogP contribution in [0.3, 0.4) is 0 Å². The van der Waals surface area contributed by atoms with Crippen molar-refractivity contribution in [3.05, 3.63) is 28.8 Å². The summed E-state index contributed by atoms with van der Waals surface area (Å²) in [6.07, 6.45) is 0. The molecule has 1 rings (SSSR count). The van der Waals surface area contributed by atoms with E-state index in [4.69, 9.17) is 10.8 Å². The van der Waals surface area contributed by atoms with Gasteiger partial charge >= 0.3 is 5.97 Å². The molecule has 1 aromatic rings. The molecule has 0 amide bonds. The molecule has 1 unspecified atom stereocenters. The Bertz CT molecular complexity index is 430. The molecule has 0 saturated heterocycles. The number of rotatable bonds is 4. The second-order valence-electron chi connectivity index (χ2n) is 4.33. The lowest BCUT2D eigenvalue weighted by atomic mass is 9.96. The van der Waals surface area contributed by atoms with Gasteiger partial charge in [0.1, 0.15) is 11.8 Å². The Morgan fingerprint density at radius 1 is 1.47 bits per heavy atom. The Labute approximate surface area is 100 Å². The number of nitrogens with two attached hydrogens (primary N) is 1. The summed E-state index contributed by atoms with van der Waals surface area (Å²) in [5, 5.41) is 18.7. The molecule has 1 aromatic carbocycles. The van der Waals surface area contributed by atoms with Gasteiger partial charge in [0.2, 0.25) is 0 Å². The summed E-state index contributed by atoms with van der Waals surface area (Å²) in [6.45, 7) is 2.31. The Morgan fingerprint density at radius 3 is 2.53 bits per heavy atom. The molecule has 0 aromatic heterocycles. The van der Waals surface area contributed by atoms with Crippen LogP contribution in [0.5, 0.6) is 5.75 Å². The molecule has 0 heterocycles. The zero-order valence-corrected chi connectivity index (χ0v) is 10.3. The summed E-state index contributed by atoms with van der Waals surface area (Å²) in [5.41, 5.74) is 7.57. The van der Waals surface area contributed by atoms with Crippen LogP contribution in [0.1, 0.15) is 22.7 Å². The van der Waals surface area contributed by atoms with Crippen LogP contribution in [-0.4, -0.2) is 35.2 Å². The van der Waals surface area contributed by atoms with Crippen molar-refractivity contribution < 1.29 is 15.0 Å². The third-order valence-electron chi connectivity index (χ3n) is 2.69. The fourth-order valence-electron chi connectivity index (χ4n) is 1.75. The van der Waals surface area contributed by atoms with E-state index in [2.05, 4.69) is 0 Å². The lowest BCUT2D eigenvalue weighted by Crippen LogP contribution is -2.22. The molecule has 5 nitrogen and oxygen atoms in total. The second-order valence-corrected chi connectivity index (χ2v) is 4.33. The smallest absolute Gasteiger partial charge is 0.325 e. The average molecular weight is 238 g/mol. The minimum Gasteiger partial charge on any atom is -0.508 e. The van der Waals surface area contributed by atoms with E-state index in [0.717, 1.165) is 5.56 Å². The molecule has 0 fully saturated rings. The molecule has 17 heavy (non-hydrogen) atoms. The highest BCUT2D eigenvalue weighted by molar-refractivity contribution is 5.76. The summed E-state index contributed by atoms with van der Waals surface area (Å²) >= 11 is 0. The summed E-state index contributed by atoms with van der Waals surface area (Å²) in [5.74, 6) is -0.910. The predicted octanol–water partition coefficient (Wildman–Crippen LogP) is 0.847. The van der Waals surface area contributed by atoms with Crippen molar-refractivity contribution in [1.82, 2.24) is 4.90 Å². The Balaban J connectivity index is 3.23. The number of hydrogen-bond donors (Lipinski definition) is 3. The van der Waals surface area contributed by atoms with Gasteiger partial charge in [-0.25, -0.2) is 0 Å². The highest BCUT2D eigenvalue weighted by atomic mass is 16.4. The fraction of sp³-hybridized carbons (Fsp3) is 0.417. The summed E-state index contributed by atoms with van der Waals surface area (Å²) < 4.78 is 0. The number of phenols is 1. The molecule has 0 saturated carbocycles. The van der Waals surface area contributed by atoms with Crippen molar-refractivity contribution in [2.24, 2.45) is 5.73 Å². The van der Waals surface area contributed by atoms with Crippen molar-refractivity contribution in [3.63, 3.8) is 0 Å². The molecular weight excluding hydrogens is 220 g/mol. The predicted molar refractivity (Wildman–Crippen MR) is 64.8 cm³/mol. The number of aliphatic carboxylic acids is 1. The molecule has 0 radical (unpaired) electrons. The zero-order valence-electron chi connectivity index (χ0n) is 10.3. The quantitative estimate of drug-likeness (QED) is 0.723. The van der Waals surface area contributed by atoms with Gasteiger partial charge in [0.25, 0.3) is 0 Å². The first-order chi connectivity index (χ1) is 7.84. The second kappa shape index (κ2) is 5.16. The third kappa shape index (κ3) is 2.95. The van der Waals surface area contributed by atoms with Gasteiger partial charge in [-0.15, -0.1) is 0 Å². The van der Waals surface area contributed by atoms with Gasteiger partial charge in [0.15, 0.2) is 0 Å². The van der Waals surface area contributed by atoms with Crippen molar-refractivity contribution in [2.75, 3.05) is 14.1 Å². The van der Waals surface area contributed by atoms with Crippen LogP contribution < -0.4 is 5.73 Å². The van der Waals surface area contributed by atoms with E-state index in [9.17, 15) is 9.90 Å². The topological polar surface area (TPSA) is 86.8 Å². The highest BCUT2D eigenvalue weighted by Crippen LogP contribution is 2.27. The average Bonchev–Trinajstić information content (AvgIpc) is 2.23. The maximum absolute atomic E-state index is 10.9. The monoisotopic (exact) mass is 238 g/mol. The number of aromatic hydroxyl groups is 1. The molecule has 0 spiro atoms. The van der Waals surface area contributed by atoms with Crippen molar-refractivity contribution in [1.29, 1.82) is 0 Å². The van der Waals surface area contributed by atoms with E-state index < -0.39 is 12.0 Å². The number of phenolic OH excluding ortho intramolecular Hbond substituents is 1. The maximum Gasteiger partial charge on any atom is 0.325 e. The van der Waals surface area contributed by atoms with Crippen molar-refractivity contribution in [2.45, 2.75) is 19.5 Å². The van der Waals surface area contributed by atoms with Gasteiger partial charge in [0.05, 0.1) is 0 Å². The lowest BCUT2D eigenvalue weighted by Gasteiger charge is -2.18. The molecular formula is C12H18N2O3. The van der Waals surface area contributed by atoms with Crippen LogP contribution in [0.2, 0.25) is 0 Å². The fourth-order valence-corrected chi connectivity index (χ4v) is 1.75. The Morgan fingerprint density at radius 2 is 2.06 bits per heavy atom. The number of carbonyl (C=O) groups is 1. The number of hydrogen-bond acceptors (Lipinski definition) is 4. The summed E-state index contributed by atoms with van der Waals surface area (Å²) in [6, 6.07) is 1.99. The van der Waals surface area contributed by atoms with E-state index in [-0.39, 0.29) is 5.75 Å².